The van der Waals surface area contributed by atoms with E-state index in [0.717, 1.165) is 0 Å². The Balaban J connectivity index is 3.01. The summed E-state index contributed by atoms with van der Waals surface area (Å²) in [4.78, 5) is 11.2. The summed E-state index contributed by atoms with van der Waals surface area (Å²) in [6.45, 7) is 3.72. The van der Waals surface area contributed by atoms with Gasteiger partial charge in [-0.2, -0.15) is 0 Å². The lowest BCUT2D eigenvalue weighted by atomic mass is 10.0. The third kappa shape index (κ3) is 3.33. The van der Waals surface area contributed by atoms with Crippen molar-refractivity contribution in [1.82, 2.24) is 0 Å². The average molecular weight is 304 g/mol. The van der Waals surface area contributed by atoms with Crippen LogP contribution >= 0.6 is 15.9 Å². The zero-order valence-electron chi connectivity index (χ0n) is 9.63. The second-order valence-corrected chi connectivity index (χ2v) is 4.98. The number of hydrogen-bond donors (Lipinski definition) is 3. The second kappa shape index (κ2) is 5.35. The Morgan fingerprint density at radius 1 is 1.47 bits per heavy atom. The molecule has 0 fully saturated rings. The maximum Gasteiger partial charge on any atom is 0.240 e. The van der Waals surface area contributed by atoms with E-state index in [2.05, 4.69) is 21.2 Å². The number of nitrogens with two attached hydrogens (primary N) is 2. The predicted molar refractivity (Wildman–Crippen MR) is 70.0 cm³/mol. The minimum Gasteiger partial charge on any atom is -0.397 e. The minimum atomic E-state index is -0.547. The van der Waals surface area contributed by atoms with Crippen LogP contribution in [0.2, 0.25) is 0 Å². The lowest BCUT2D eigenvalue weighted by Gasteiger charge is -2.21. The molecule has 0 saturated heterocycles. The van der Waals surface area contributed by atoms with Crippen LogP contribution in [0.4, 0.5) is 15.8 Å². The largest absolute Gasteiger partial charge is 0.397 e. The van der Waals surface area contributed by atoms with Gasteiger partial charge in [-0.15, -0.1) is 0 Å². The topological polar surface area (TPSA) is 81.1 Å². The van der Waals surface area contributed by atoms with Gasteiger partial charge in [0, 0.05) is 6.07 Å². The third-order valence-electron chi connectivity index (χ3n) is 2.38. The van der Waals surface area contributed by atoms with Crippen LogP contribution in [-0.4, -0.2) is 11.9 Å². The molecule has 94 valence electrons. The summed E-state index contributed by atoms with van der Waals surface area (Å²) in [6, 6.07) is 2.13. The number of amides is 1. The van der Waals surface area contributed by atoms with Crippen LogP contribution in [-0.2, 0) is 4.79 Å². The molecule has 0 bridgehead atoms. The number of halogens is 2. The zero-order valence-corrected chi connectivity index (χ0v) is 11.2. The Morgan fingerprint density at radius 2 is 2.06 bits per heavy atom. The van der Waals surface area contributed by atoms with Crippen LogP contribution in [0.5, 0.6) is 0 Å². The first-order valence-corrected chi connectivity index (χ1v) is 5.92. The highest BCUT2D eigenvalue weighted by atomic mass is 79.9. The van der Waals surface area contributed by atoms with Crippen molar-refractivity contribution in [1.29, 1.82) is 0 Å². The molecule has 17 heavy (non-hydrogen) atoms. The molecule has 1 atom stereocenters. The summed E-state index contributed by atoms with van der Waals surface area (Å²) in [7, 11) is 0. The Bertz CT molecular complexity index is 437. The first-order valence-electron chi connectivity index (χ1n) is 5.13. The summed E-state index contributed by atoms with van der Waals surface area (Å²) < 4.78 is 13.4. The highest BCUT2D eigenvalue weighted by molar-refractivity contribution is 9.10. The van der Waals surface area contributed by atoms with E-state index in [-0.39, 0.29) is 16.1 Å². The Kier molecular flexibility index (Phi) is 4.34. The minimum absolute atomic E-state index is 0.00993. The SMILES string of the molecule is CC(C)C(Nc1cc(Br)c(F)cc1N)C(N)=O. The van der Waals surface area contributed by atoms with Crippen molar-refractivity contribution in [2.45, 2.75) is 19.9 Å². The Labute approximate surface area is 108 Å². The standard InChI is InChI=1S/C11H15BrFN3O/c1-5(2)10(11(15)17)16-9-3-6(12)7(13)4-8(9)14/h3-5,10,16H,14H2,1-2H3,(H2,15,17). The van der Waals surface area contributed by atoms with Crippen molar-refractivity contribution in [2.75, 3.05) is 11.1 Å². The molecule has 0 saturated carbocycles. The van der Waals surface area contributed by atoms with Crippen molar-refractivity contribution < 1.29 is 9.18 Å². The van der Waals surface area contributed by atoms with Crippen LogP contribution in [0.1, 0.15) is 13.8 Å². The first-order chi connectivity index (χ1) is 7.82. The lowest BCUT2D eigenvalue weighted by molar-refractivity contribution is -0.119. The van der Waals surface area contributed by atoms with E-state index >= 15 is 0 Å². The van der Waals surface area contributed by atoms with E-state index < -0.39 is 17.8 Å². The summed E-state index contributed by atoms with van der Waals surface area (Å²) in [6.07, 6.45) is 0. The summed E-state index contributed by atoms with van der Waals surface area (Å²) in [5.41, 5.74) is 11.7. The number of benzene rings is 1. The van der Waals surface area contributed by atoms with Gasteiger partial charge in [0.2, 0.25) is 5.91 Å². The molecule has 1 aromatic carbocycles. The number of carbonyl (C=O) groups is 1. The molecule has 1 amide bonds. The fraction of sp³-hybridized carbons (Fsp3) is 0.364. The molecule has 4 nitrogen and oxygen atoms in total. The lowest BCUT2D eigenvalue weighted by Crippen LogP contribution is -2.39. The van der Waals surface area contributed by atoms with E-state index in [9.17, 15) is 9.18 Å². The summed E-state index contributed by atoms with van der Waals surface area (Å²) in [5, 5.41) is 2.92. The van der Waals surface area contributed by atoms with Gasteiger partial charge in [-0.1, -0.05) is 13.8 Å². The van der Waals surface area contributed by atoms with Gasteiger partial charge in [0.25, 0.3) is 0 Å². The average Bonchev–Trinajstić information content (AvgIpc) is 2.20. The fourth-order valence-corrected chi connectivity index (χ4v) is 1.76. The van der Waals surface area contributed by atoms with Gasteiger partial charge in [0.15, 0.2) is 0 Å². The Morgan fingerprint density at radius 3 is 2.53 bits per heavy atom. The van der Waals surface area contributed by atoms with Gasteiger partial charge in [-0.25, -0.2) is 4.39 Å². The van der Waals surface area contributed by atoms with Gasteiger partial charge in [-0.05, 0) is 27.9 Å². The molecule has 5 N–H and O–H groups in total. The van der Waals surface area contributed by atoms with Crippen LogP contribution in [0, 0.1) is 11.7 Å². The van der Waals surface area contributed by atoms with Gasteiger partial charge in [0.05, 0.1) is 15.8 Å². The summed E-state index contributed by atoms with van der Waals surface area (Å²) in [5.74, 6) is -0.913. The predicted octanol–water partition coefficient (Wildman–Crippen LogP) is 2.09. The van der Waals surface area contributed by atoms with Gasteiger partial charge < -0.3 is 16.8 Å². The molecule has 0 aliphatic rings. The van der Waals surface area contributed by atoms with Crippen molar-refractivity contribution in [2.24, 2.45) is 11.7 Å². The fourth-order valence-electron chi connectivity index (χ4n) is 1.42. The number of primary amides is 1. The molecule has 1 unspecified atom stereocenters. The summed E-state index contributed by atoms with van der Waals surface area (Å²) >= 11 is 3.06. The van der Waals surface area contributed by atoms with Gasteiger partial charge in [0.1, 0.15) is 11.9 Å². The molecule has 0 aliphatic heterocycles. The number of hydrogen-bond acceptors (Lipinski definition) is 3. The highest BCUT2D eigenvalue weighted by Crippen LogP contribution is 2.27. The number of nitrogens with one attached hydrogen (secondary N) is 1. The van der Waals surface area contributed by atoms with Crippen LogP contribution < -0.4 is 16.8 Å². The van der Waals surface area contributed by atoms with E-state index in [0.29, 0.717) is 5.69 Å². The molecule has 0 heterocycles. The normalized spacial score (nSPS) is 12.5. The van der Waals surface area contributed by atoms with E-state index in [1.54, 1.807) is 0 Å². The van der Waals surface area contributed by atoms with E-state index in [4.69, 9.17) is 11.5 Å². The highest BCUT2D eigenvalue weighted by Gasteiger charge is 2.20. The van der Waals surface area contributed by atoms with Gasteiger partial charge >= 0.3 is 0 Å². The van der Waals surface area contributed by atoms with Gasteiger partial charge in [-0.3, -0.25) is 4.79 Å². The quantitative estimate of drug-likeness (QED) is 0.745. The molecule has 1 rings (SSSR count). The first kappa shape index (κ1) is 13.8. The molecular weight excluding hydrogens is 289 g/mol. The Hall–Kier alpha value is -1.30. The van der Waals surface area contributed by atoms with Crippen LogP contribution in [0.3, 0.4) is 0 Å². The molecular formula is C11H15BrFN3O. The van der Waals surface area contributed by atoms with Crippen LogP contribution in [0.15, 0.2) is 16.6 Å². The molecule has 6 heteroatoms. The number of carbonyl (C=O) groups excluding carboxylic acids is 1. The van der Waals surface area contributed by atoms with Crippen molar-refractivity contribution in [3.8, 4) is 0 Å². The molecule has 0 aromatic heterocycles. The van der Waals surface area contributed by atoms with E-state index in [1.165, 1.54) is 12.1 Å². The monoisotopic (exact) mass is 303 g/mol. The molecule has 0 spiro atoms. The molecule has 1 aromatic rings. The third-order valence-corrected chi connectivity index (χ3v) is 2.98. The van der Waals surface area contributed by atoms with Crippen LogP contribution in [0.25, 0.3) is 0 Å². The number of nitrogen functional groups attached to an aromatic ring is 1. The molecule has 0 aliphatic carbocycles. The second-order valence-electron chi connectivity index (χ2n) is 4.12. The van der Waals surface area contributed by atoms with E-state index in [1.807, 2.05) is 13.8 Å². The number of rotatable bonds is 4. The smallest absolute Gasteiger partial charge is 0.240 e. The maximum atomic E-state index is 13.2. The van der Waals surface area contributed by atoms with Crippen molar-refractivity contribution >= 4 is 33.2 Å². The van der Waals surface area contributed by atoms with Crippen molar-refractivity contribution in [3.63, 3.8) is 0 Å². The zero-order chi connectivity index (χ0) is 13.2. The maximum absolute atomic E-state index is 13.2. The molecule has 0 radical (unpaired) electrons. The van der Waals surface area contributed by atoms with Crippen molar-refractivity contribution in [3.05, 3.63) is 22.4 Å². The number of anilines is 2.